The van der Waals surface area contributed by atoms with E-state index in [9.17, 15) is 4.79 Å². The largest absolute Gasteiger partial charge is 0.369 e. The van der Waals surface area contributed by atoms with Crippen molar-refractivity contribution < 1.29 is 9.53 Å². The van der Waals surface area contributed by atoms with E-state index in [0.717, 1.165) is 15.6 Å². The van der Waals surface area contributed by atoms with Crippen LogP contribution in [0.2, 0.25) is 5.02 Å². The predicted molar refractivity (Wildman–Crippen MR) is 141 cm³/mol. The van der Waals surface area contributed by atoms with Crippen molar-refractivity contribution in [1.29, 1.82) is 0 Å². The van der Waals surface area contributed by atoms with Gasteiger partial charge < -0.3 is 14.5 Å². The van der Waals surface area contributed by atoms with Crippen molar-refractivity contribution in [3.05, 3.63) is 81.6 Å². The molecule has 0 saturated carbocycles. The maximum atomic E-state index is 12.5. The molecule has 2 aromatic rings. The fourth-order valence-corrected chi connectivity index (χ4v) is 4.07. The van der Waals surface area contributed by atoms with E-state index in [1.165, 1.54) is 0 Å². The van der Waals surface area contributed by atoms with Crippen molar-refractivity contribution in [2.75, 3.05) is 19.8 Å². The molecule has 0 N–H and O–H groups in total. The lowest BCUT2D eigenvalue weighted by atomic mass is 10.1. The molecule has 1 aliphatic rings. The zero-order valence-electron chi connectivity index (χ0n) is 18.2. The van der Waals surface area contributed by atoms with Gasteiger partial charge in [0.05, 0.1) is 13.3 Å². The van der Waals surface area contributed by atoms with Gasteiger partial charge >= 0.3 is 0 Å². The molecule has 0 aliphatic carbocycles. The van der Waals surface area contributed by atoms with E-state index < -0.39 is 5.50 Å². The highest BCUT2D eigenvalue weighted by Crippen LogP contribution is 2.31. The number of ether oxygens (including phenoxy) is 1. The number of halogens is 4. The van der Waals surface area contributed by atoms with Gasteiger partial charge in [-0.25, -0.2) is 0 Å². The molecular formula is C25H26BrCl3N2O2. The topological polar surface area (TPSA) is 32.8 Å². The third kappa shape index (κ3) is 8.24. The lowest BCUT2D eigenvalue weighted by Crippen LogP contribution is -2.36. The summed E-state index contributed by atoms with van der Waals surface area (Å²) in [5.41, 5.74) is 1.25. The molecule has 176 valence electrons. The molecule has 0 radical (unpaired) electrons. The Morgan fingerprint density at radius 1 is 1.15 bits per heavy atom. The Morgan fingerprint density at radius 2 is 1.85 bits per heavy atom. The summed E-state index contributed by atoms with van der Waals surface area (Å²) >= 11 is 16.3. The number of hydrogen-bond acceptors (Lipinski definition) is 4. The van der Waals surface area contributed by atoms with Crippen molar-refractivity contribution in [1.82, 2.24) is 9.80 Å². The van der Waals surface area contributed by atoms with Gasteiger partial charge in [-0.1, -0.05) is 63.4 Å². The van der Waals surface area contributed by atoms with Crippen LogP contribution in [0.15, 0.2) is 65.4 Å². The van der Waals surface area contributed by atoms with Crippen LogP contribution in [-0.2, 0) is 4.74 Å². The minimum Gasteiger partial charge on any atom is -0.369 e. The molecule has 4 nitrogen and oxygen atoms in total. The monoisotopic (exact) mass is 570 g/mol. The summed E-state index contributed by atoms with van der Waals surface area (Å²) in [5.74, 6) is 6.01. The fraction of sp³-hybridized carbons (Fsp3) is 0.320. The zero-order chi connectivity index (χ0) is 22.9. The second-order valence-electron chi connectivity index (χ2n) is 7.34. The summed E-state index contributed by atoms with van der Waals surface area (Å²) in [6.07, 6.45) is 4.64. The number of alkyl halides is 1. The number of carbonyl (C=O) groups excluding carboxylic acids is 1. The summed E-state index contributed by atoms with van der Waals surface area (Å²) in [5, 5.41) is 0.665. The van der Waals surface area contributed by atoms with Crippen LogP contribution in [0.3, 0.4) is 0 Å². The first-order valence-electron chi connectivity index (χ1n) is 10.4. The Bertz CT molecular complexity index is 987. The number of Topliss-reactive ketones (excluding diaryl/α,β-unsaturated/α-hetero) is 1. The number of carbonyl (C=O) groups is 1. The lowest BCUT2D eigenvalue weighted by Gasteiger charge is -2.31. The average Bonchev–Trinajstić information content (AvgIpc) is 3.28. The molecule has 0 fully saturated rings. The molecule has 2 atom stereocenters. The SMILES string of the molecule is CC#CCCOC(c1ccc(Cl)cc1)C(Cl)N1C=CN(CCC(=O)c2ccc(Br)cc2)C1.Cl. The van der Waals surface area contributed by atoms with E-state index in [2.05, 4.69) is 32.7 Å². The Hall–Kier alpha value is -1.68. The van der Waals surface area contributed by atoms with Crippen molar-refractivity contribution in [3.63, 3.8) is 0 Å². The summed E-state index contributed by atoms with van der Waals surface area (Å²) in [4.78, 5) is 16.6. The minimum absolute atomic E-state index is 0. The molecule has 0 amide bonds. The third-order valence-electron chi connectivity index (χ3n) is 5.07. The van der Waals surface area contributed by atoms with Gasteiger partial charge in [0.1, 0.15) is 11.6 Å². The summed E-state index contributed by atoms with van der Waals surface area (Å²) in [6, 6.07) is 15.0. The molecule has 2 aromatic carbocycles. The smallest absolute Gasteiger partial charge is 0.164 e. The van der Waals surface area contributed by atoms with Gasteiger partial charge in [-0.2, -0.15) is 0 Å². The molecule has 1 heterocycles. The van der Waals surface area contributed by atoms with Crippen LogP contribution in [-0.4, -0.2) is 40.9 Å². The van der Waals surface area contributed by atoms with E-state index in [0.29, 0.717) is 37.7 Å². The molecule has 1 aliphatic heterocycles. The highest BCUT2D eigenvalue weighted by atomic mass is 79.9. The normalized spacial score (nSPS) is 14.3. The van der Waals surface area contributed by atoms with Gasteiger partial charge in [0.25, 0.3) is 0 Å². The van der Waals surface area contributed by atoms with E-state index >= 15 is 0 Å². The molecule has 0 aromatic heterocycles. The molecule has 8 heteroatoms. The number of hydrogen-bond donors (Lipinski definition) is 0. The minimum atomic E-state index is -0.422. The predicted octanol–water partition coefficient (Wildman–Crippen LogP) is 6.88. The second-order valence-corrected chi connectivity index (χ2v) is 9.14. The first-order valence-corrected chi connectivity index (χ1v) is 12.0. The molecule has 33 heavy (non-hydrogen) atoms. The van der Waals surface area contributed by atoms with Crippen LogP contribution < -0.4 is 0 Å². The van der Waals surface area contributed by atoms with Crippen LogP contribution in [0.1, 0.15) is 41.8 Å². The van der Waals surface area contributed by atoms with Gasteiger partial charge in [0, 0.05) is 46.8 Å². The van der Waals surface area contributed by atoms with Crippen LogP contribution in [0.4, 0.5) is 0 Å². The first-order chi connectivity index (χ1) is 15.5. The number of benzene rings is 2. The van der Waals surface area contributed by atoms with E-state index in [4.69, 9.17) is 27.9 Å². The quantitative estimate of drug-likeness (QED) is 0.102. The van der Waals surface area contributed by atoms with Gasteiger partial charge in [-0.15, -0.1) is 24.2 Å². The van der Waals surface area contributed by atoms with Gasteiger partial charge in [0.15, 0.2) is 5.78 Å². The number of ketones is 1. The van der Waals surface area contributed by atoms with Gasteiger partial charge in [-0.05, 0) is 36.8 Å². The Kier molecular flexibility index (Phi) is 11.6. The number of nitrogens with zero attached hydrogens (tertiary/aromatic N) is 2. The highest BCUT2D eigenvalue weighted by Gasteiger charge is 2.29. The van der Waals surface area contributed by atoms with Crippen LogP contribution in [0, 0.1) is 11.8 Å². The molecule has 0 saturated heterocycles. The van der Waals surface area contributed by atoms with Crippen molar-refractivity contribution in [3.8, 4) is 11.8 Å². The lowest BCUT2D eigenvalue weighted by molar-refractivity contribution is 0.0208. The van der Waals surface area contributed by atoms with Crippen LogP contribution >= 0.6 is 51.5 Å². The second kappa shape index (κ2) is 13.9. The molecule has 0 spiro atoms. The van der Waals surface area contributed by atoms with E-state index in [-0.39, 0.29) is 24.3 Å². The van der Waals surface area contributed by atoms with Gasteiger partial charge in [-0.3, -0.25) is 4.79 Å². The van der Waals surface area contributed by atoms with E-state index in [1.54, 1.807) is 0 Å². The average molecular weight is 573 g/mol. The third-order valence-corrected chi connectivity index (χ3v) is 6.33. The van der Waals surface area contributed by atoms with Gasteiger partial charge in [0.2, 0.25) is 0 Å². The maximum Gasteiger partial charge on any atom is 0.164 e. The summed E-state index contributed by atoms with van der Waals surface area (Å²) < 4.78 is 7.07. The van der Waals surface area contributed by atoms with Crippen molar-refractivity contribution >= 4 is 57.3 Å². The van der Waals surface area contributed by atoms with Crippen LogP contribution in [0.25, 0.3) is 0 Å². The molecular weight excluding hydrogens is 547 g/mol. The first kappa shape index (κ1) is 27.6. The Balaban J connectivity index is 0.00000385. The molecule has 3 rings (SSSR count). The van der Waals surface area contributed by atoms with Crippen molar-refractivity contribution in [2.24, 2.45) is 0 Å². The fourth-order valence-electron chi connectivity index (χ4n) is 3.34. The van der Waals surface area contributed by atoms with Crippen molar-refractivity contribution in [2.45, 2.75) is 31.4 Å². The molecule has 0 bridgehead atoms. The number of rotatable bonds is 10. The Labute approximate surface area is 220 Å². The summed E-state index contributed by atoms with van der Waals surface area (Å²) in [7, 11) is 0. The van der Waals surface area contributed by atoms with Crippen LogP contribution in [0.5, 0.6) is 0 Å². The summed E-state index contributed by atoms with van der Waals surface area (Å²) in [6.45, 7) is 3.50. The Morgan fingerprint density at radius 3 is 2.52 bits per heavy atom. The standard InChI is InChI=1S/C25H25BrCl2N2O2.ClH/c1-2-3-4-17-32-24(20-7-11-22(27)12-8-20)25(28)30-16-15-29(18-30)14-13-23(31)19-5-9-21(26)10-6-19;/h5-12,15-16,24-25H,4,13-14,17-18H2,1H3;1H. The highest BCUT2D eigenvalue weighted by molar-refractivity contribution is 9.10. The molecule has 2 unspecified atom stereocenters. The maximum absolute atomic E-state index is 12.5. The van der Waals surface area contributed by atoms with E-state index in [1.807, 2.05) is 72.8 Å². The zero-order valence-corrected chi connectivity index (χ0v) is 22.1.